The third-order valence-corrected chi connectivity index (χ3v) is 5.06. The van der Waals surface area contributed by atoms with Gasteiger partial charge in [0.1, 0.15) is 28.1 Å². The van der Waals surface area contributed by atoms with E-state index in [-0.39, 0.29) is 47.5 Å². The van der Waals surface area contributed by atoms with E-state index < -0.39 is 28.3 Å². The van der Waals surface area contributed by atoms with Crippen molar-refractivity contribution in [3.05, 3.63) is 34.6 Å². The highest BCUT2D eigenvalue weighted by atomic mass is 35.5. The number of fused-ring (bicyclic) bond motifs is 1. The Bertz CT molecular complexity index is 886. The molecular weight excluding hydrogens is 392 g/mol. The Morgan fingerprint density at radius 1 is 1.04 bits per heavy atom. The normalized spacial score (nSPS) is 20.5. The first-order valence-electron chi connectivity index (χ1n) is 8.35. The van der Waals surface area contributed by atoms with Gasteiger partial charge in [-0.1, -0.05) is 0 Å². The monoisotopic (exact) mass is 410 g/mol. The first-order valence-corrected chi connectivity index (χ1v) is 8.79. The van der Waals surface area contributed by atoms with Crippen LogP contribution in [-0.4, -0.2) is 56.1 Å². The number of methoxy groups -OCH3 is 2. The first-order chi connectivity index (χ1) is 13.2. The second kappa shape index (κ2) is 7.54. The van der Waals surface area contributed by atoms with Crippen molar-refractivity contribution < 1.29 is 38.1 Å². The minimum absolute atomic E-state index is 0.0000728. The van der Waals surface area contributed by atoms with Crippen LogP contribution in [0.5, 0.6) is 11.5 Å². The second-order valence-electron chi connectivity index (χ2n) is 6.74. The Morgan fingerprint density at radius 3 is 2.32 bits per heavy atom. The van der Waals surface area contributed by atoms with Crippen LogP contribution >= 0.6 is 11.6 Å². The number of ether oxygens (including phenoxy) is 5. The van der Waals surface area contributed by atoms with E-state index in [1.54, 1.807) is 13.8 Å². The molecule has 150 valence electrons. The maximum Gasteiger partial charge on any atom is 0.229 e. The van der Waals surface area contributed by atoms with Crippen molar-refractivity contribution in [2.75, 3.05) is 27.8 Å². The van der Waals surface area contributed by atoms with E-state index in [1.807, 2.05) is 0 Å². The van der Waals surface area contributed by atoms with Crippen LogP contribution in [0.1, 0.15) is 34.6 Å². The van der Waals surface area contributed by atoms with Gasteiger partial charge in [0, 0.05) is 25.8 Å². The van der Waals surface area contributed by atoms with Gasteiger partial charge in [0.2, 0.25) is 11.6 Å². The summed E-state index contributed by atoms with van der Waals surface area (Å²) in [5.41, 5.74) is -1.58. The summed E-state index contributed by atoms with van der Waals surface area (Å²) in [6, 6.07) is 2.80. The molecule has 0 radical (unpaired) electrons. The van der Waals surface area contributed by atoms with Crippen LogP contribution in [0.25, 0.3) is 0 Å². The van der Waals surface area contributed by atoms with E-state index in [2.05, 4.69) is 0 Å². The highest BCUT2D eigenvalue weighted by molar-refractivity contribution is 6.45. The molecule has 1 heterocycles. The molecule has 0 saturated heterocycles. The summed E-state index contributed by atoms with van der Waals surface area (Å²) in [4.78, 5) is 38.9. The van der Waals surface area contributed by atoms with E-state index in [9.17, 15) is 14.4 Å². The van der Waals surface area contributed by atoms with Crippen LogP contribution in [0.15, 0.2) is 23.5 Å². The minimum Gasteiger partial charge on any atom is -0.481 e. The largest absolute Gasteiger partial charge is 0.481 e. The van der Waals surface area contributed by atoms with Gasteiger partial charge in [-0.25, -0.2) is 0 Å². The van der Waals surface area contributed by atoms with Crippen LogP contribution < -0.4 is 9.47 Å². The zero-order chi connectivity index (χ0) is 20.6. The minimum atomic E-state index is -1.15. The zero-order valence-electron chi connectivity index (χ0n) is 15.8. The first kappa shape index (κ1) is 20.3. The maximum absolute atomic E-state index is 13.1. The second-order valence-corrected chi connectivity index (χ2v) is 7.18. The number of carbonyl (C=O) groups excluding carboxylic acids is 3. The molecule has 2 aliphatic rings. The number of hydrogen-bond donors (Lipinski definition) is 0. The molecule has 1 aliphatic heterocycles. The summed E-state index contributed by atoms with van der Waals surface area (Å²) >= 11 is 6.17. The SMILES string of the molecule is COCOc1cc(OCOC)c2c(c1)C(=O)C1=C(C2=O)C(=O)C(Cl)C(C)(C)O1. The highest BCUT2D eigenvalue weighted by Gasteiger charge is 2.51. The molecule has 1 aromatic carbocycles. The van der Waals surface area contributed by atoms with Gasteiger partial charge < -0.3 is 23.7 Å². The molecule has 1 atom stereocenters. The number of allylic oxidation sites excluding steroid dienone is 2. The van der Waals surface area contributed by atoms with Crippen LogP contribution in [0.2, 0.25) is 0 Å². The van der Waals surface area contributed by atoms with Gasteiger partial charge in [0.15, 0.2) is 25.1 Å². The number of ketones is 3. The quantitative estimate of drug-likeness (QED) is 0.400. The summed E-state index contributed by atoms with van der Waals surface area (Å²) in [6.07, 6.45) is 0. The van der Waals surface area contributed by atoms with Gasteiger partial charge in [-0.3, -0.25) is 14.4 Å². The van der Waals surface area contributed by atoms with Gasteiger partial charge >= 0.3 is 0 Å². The lowest BCUT2D eigenvalue weighted by molar-refractivity contribution is -0.121. The van der Waals surface area contributed by atoms with E-state index in [0.717, 1.165) is 0 Å². The Morgan fingerprint density at radius 2 is 1.68 bits per heavy atom. The molecule has 8 nitrogen and oxygen atoms in total. The number of hydrogen-bond acceptors (Lipinski definition) is 8. The van der Waals surface area contributed by atoms with Crippen molar-refractivity contribution in [2.45, 2.75) is 24.8 Å². The highest BCUT2D eigenvalue weighted by Crippen LogP contribution is 2.42. The zero-order valence-corrected chi connectivity index (χ0v) is 16.5. The molecule has 0 amide bonds. The van der Waals surface area contributed by atoms with E-state index in [1.165, 1.54) is 26.4 Å². The van der Waals surface area contributed by atoms with Crippen molar-refractivity contribution in [3.8, 4) is 11.5 Å². The molecule has 0 spiro atoms. The van der Waals surface area contributed by atoms with E-state index in [0.29, 0.717) is 0 Å². The van der Waals surface area contributed by atoms with Crippen LogP contribution in [0.4, 0.5) is 0 Å². The molecule has 28 heavy (non-hydrogen) atoms. The molecule has 1 aliphatic carbocycles. The molecule has 0 N–H and O–H groups in total. The van der Waals surface area contributed by atoms with Crippen molar-refractivity contribution in [1.29, 1.82) is 0 Å². The predicted octanol–water partition coefficient (Wildman–Crippen LogP) is 2.27. The lowest BCUT2D eigenvalue weighted by atomic mass is 9.81. The molecule has 0 bridgehead atoms. The average Bonchev–Trinajstić information content (AvgIpc) is 2.66. The van der Waals surface area contributed by atoms with Gasteiger partial charge in [-0.2, -0.15) is 0 Å². The number of carbonyl (C=O) groups is 3. The molecule has 0 saturated carbocycles. The molecule has 0 fully saturated rings. The molecule has 3 rings (SSSR count). The number of Topliss-reactive ketones (excluding diaryl/α,β-unsaturated/α-hetero) is 3. The standard InChI is InChI=1S/C19H19ClO8/c1-19(2)18(20)16(23)13-15(22)12-10(14(21)17(13)28-19)5-9(26-7-24-3)6-11(12)27-8-25-4/h5-6,18H,7-8H2,1-4H3. The van der Waals surface area contributed by atoms with Gasteiger partial charge in [-0.15, -0.1) is 11.6 Å². The van der Waals surface area contributed by atoms with Gasteiger partial charge in [0.25, 0.3) is 0 Å². The fourth-order valence-electron chi connectivity index (χ4n) is 2.99. The van der Waals surface area contributed by atoms with Crippen molar-refractivity contribution in [1.82, 2.24) is 0 Å². The van der Waals surface area contributed by atoms with Crippen molar-refractivity contribution in [2.24, 2.45) is 0 Å². The average molecular weight is 411 g/mol. The van der Waals surface area contributed by atoms with Crippen LogP contribution in [0.3, 0.4) is 0 Å². The van der Waals surface area contributed by atoms with E-state index >= 15 is 0 Å². The Balaban J connectivity index is 2.16. The van der Waals surface area contributed by atoms with E-state index in [4.69, 9.17) is 35.3 Å². The summed E-state index contributed by atoms with van der Waals surface area (Å²) in [5.74, 6) is -2.01. The lowest BCUT2D eigenvalue weighted by Crippen LogP contribution is -2.49. The topological polar surface area (TPSA) is 97.4 Å². The fourth-order valence-corrected chi connectivity index (χ4v) is 3.15. The molecule has 0 aromatic heterocycles. The smallest absolute Gasteiger partial charge is 0.229 e. The number of benzene rings is 1. The third kappa shape index (κ3) is 3.28. The lowest BCUT2D eigenvalue weighted by Gasteiger charge is -2.37. The Labute approximate surface area is 166 Å². The molecule has 9 heteroatoms. The predicted molar refractivity (Wildman–Crippen MR) is 96.9 cm³/mol. The number of halogens is 1. The van der Waals surface area contributed by atoms with Crippen molar-refractivity contribution >= 4 is 29.0 Å². The Hall–Kier alpha value is -2.42. The summed E-state index contributed by atoms with van der Waals surface area (Å²) in [5, 5.41) is -1.11. The molecular formula is C19H19ClO8. The third-order valence-electron chi connectivity index (χ3n) is 4.34. The van der Waals surface area contributed by atoms with Gasteiger partial charge in [-0.05, 0) is 19.9 Å². The van der Waals surface area contributed by atoms with Crippen LogP contribution in [-0.2, 0) is 19.0 Å². The summed E-state index contributed by atoms with van der Waals surface area (Å²) < 4.78 is 26.3. The fraction of sp³-hybridized carbons (Fsp3) is 0.421. The summed E-state index contributed by atoms with van der Waals surface area (Å²) in [7, 11) is 2.85. The molecule has 1 unspecified atom stereocenters. The Kier molecular flexibility index (Phi) is 5.47. The number of alkyl halides is 1. The number of rotatable bonds is 6. The van der Waals surface area contributed by atoms with Gasteiger partial charge in [0.05, 0.1) is 5.56 Å². The maximum atomic E-state index is 13.1. The van der Waals surface area contributed by atoms with Crippen LogP contribution in [0, 0.1) is 0 Å². The summed E-state index contributed by atoms with van der Waals surface area (Å²) in [6.45, 7) is 2.90. The van der Waals surface area contributed by atoms with Crippen molar-refractivity contribution in [3.63, 3.8) is 0 Å². The molecule has 1 aromatic rings.